The highest BCUT2D eigenvalue weighted by Gasteiger charge is 2.26. The molecule has 1 aromatic rings. The predicted molar refractivity (Wildman–Crippen MR) is 83.5 cm³/mol. The fraction of sp³-hybridized carbons (Fsp3) is 0.438. The summed E-state index contributed by atoms with van der Waals surface area (Å²) >= 11 is 0. The highest BCUT2D eigenvalue weighted by molar-refractivity contribution is 5.73. The van der Waals surface area contributed by atoms with E-state index in [-0.39, 0.29) is 12.1 Å². The number of hydrogen-bond acceptors (Lipinski definition) is 4. The van der Waals surface area contributed by atoms with Crippen molar-refractivity contribution in [3.8, 4) is 0 Å². The van der Waals surface area contributed by atoms with Gasteiger partial charge in [0.2, 0.25) is 5.82 Å². The number of ether oxygens (including phenoxy) is 1. The molecule has 0 radical (unpaired) electrons. The van der Waals surface area contributed by atoms with E-state index in [1.807, 2.05) is 0 Å². The highest BCUT2D eigenvalue weighted by Crippen LogP contribution is 2.29. The summed E-state index contributed by atoms with van der Waals surface area (Å²) in [6, 6.07) is 4.10. The van der Waals surface area contributed by atoms with Gasteiger partial charge in [0.1, 0.15) is 5.60 Å². The Balaban J connectivity index is 2.15. The van der Waals surface area contributed by atoms with Gasteiger partial charge in [-0.2, -0.15) is 4.39 Å². The summed E-state index contributed by atoms with van der Waals surface area (Å²) < 4.78 is 19.5. The summed E-state index contributed by atoms with van der Waals surface area (Å²) in [5.74, 6) is -0.838. The van der Waals surface area contributed by atoms with Crippen LogP contribution in [0.2, 0.25) is 0 Å². The van der Waals surface area contributed by atoms with Gasteiger partial charge in [-0.1, -0.05) is 18.2 Å². The Hall–Kier alpha value is -2.44. The van der Waals surface area contributed by atoms with Crippen molar-refractivity contribution in [3.63, 3.8) is 0 Å². The molecule has 0 saturated carbocycles. The topological polar surface area (TPSA) is 72.7 Å². The largest absolute Gasteiger partial charge is 0.444 e. The van der Waals surface area contributed by atoms with E-state index in [1.165, 1.54) is 17.0 Å². The van der Waals surface area contributed by atoms with E-state index in [9.17, 15) is 19.3 Å². The molecule has 124 valence electrons. The van der Waals surface area contributed by atoms with Crippen LogP contribution in [0.5, 0.6) is 0 Å². The Bertz CT molecular complexity index is 665. The third-order valence-corrected chi connectivity index (χ3v) is 3.38. The molecule has 1 amide bonds. The number of amides is 1. The quantitative estimate of drug-likeness (QED) is 0.614. The van der Waals surface area contributed by atoms with Crippen molar-refractivity contribution in [2.45, 2.75) is 32.8 Å². The number of nitro benzene ring substituents is 1. The molecule has 1 aliphatic heterocycles. The second kappa shape index (κ2) is 6.36. The van der Waals surface area contributed by atoms with Crippen LogP contribution in [0.4, 0.5) is 14.9 Å². The number of hydrogen-bond donors (Lipinski definition) is 0. The zero-order chi connectivity index (χ0) is 17.2. The molecule has 23 heavy (non-hydrogen) atoms. The van der Waals surface area contributed by atoms with E-state index >= 15 is 0 Å². The summed E-state index contributed by atoms with van der Waals surface area (Å²) in [7, 11) is 0. The summed E-state index contributed by atoms with van der Waals surface area (Å²) in [6.45, 7) is 6.02. The van der Waals surface area contributed by atoms with Gasteiger partial charge < -0.3 is 9.64 Å². The van der Waals surface area contributed by atoms with E-state index < -0.39 is 28.1 Å². The predicted octanol–water partition coefficient (Wildman–Crippen LogP) is 3.76. The maximum atomic E-state index is 14.2. The molecule has 1 heterocycles. The van der Waals surface area contributed by atoms with Crippen LogP contribution >= 0.6 is 0 Å². The monoisotopic (exact) mass is 322 g/mol. The maximum Gasteiger partial charge on any atom is 0.410 e. The first-order valence-electron chi connectivity index (χ1n) is 7.29. The SMILES string of the molecule is CC(C)(C)OC(=O)N1CC=C(c2cccc([N+](=O)[O-])c2F)CC1. The molecule has 0 spiro atoms. The molecule has 0 saturated heterocycles. The van der Waals surface area contributed by atoms with Crippen molar-refractivity contribution < 1.29 is 18.8 Å². The Morgan fingerprint density at radius 2 is 2.09 bits per heavy atom. The molecular weight excluding hydrogens is 303 g/mol. The standard InChI is InChI=1S/C16H19FN2O4/c1-16(2,3)23-15(20)18-9-7-11(8-10-18)12-5-4-6-13(14(12)17)19(21)22/h4-7H,8-10H2,1-3H3. The van der Waals surface area contributed by atoms with Gasteiger partial charge in [-0.25, -0.2) is 4.79 Å². The average molecular weight is 322 g/mol. The maximum absolute atomic E-state index is 14.2. The molecule has 0 aromatic heterocycles. The molecule has 0 bridgehead atoms. The van der Waals surface area contributed by atoms with E-state index in [4.69, 9.17) is 4.74 Å². The molecule has 0 atom stereocenters. The van der Waals surface area contributed by atoms with Gasteiger partial charge >= 0.3 is 11.8 Å². The molecule has 0 aliphatic carbocycles. The average Bonchev–Trinajstić information content (AvgIpc) is 2.45. The van der Waals surface area contributed by atoms with Crippen LogP contribution in [0.25, 0.3) is 5.57 Å². The van der Waals surface area contributed by atoms with Gasteiger partial charge in [-0.15, -0.1) is 0 Å². The molecule has 0 unspecified atom stereocenters. The van der Waals surface area contributed by atoms with Crippen LogP contribution in [0, 0.1) is 15.9 Å². The smallest absolute Gasteiger partial charge is 0.410 e. The summed E-state index contributed by atoms with van der Waals surface area (Å²) in [5.41, 5.74) is -0.250. The summed E-state index contributed by atoms with van der Waals surface area (Å²) in [4.78, 5) is 23.6. The van der Waals surface area contributed by atoms with E-state index in [1.54, 1.807) is 26.8 Å². The van der Waals surface area contributed by atoms with E-state index in [0.717, 1.165) is 6.07 Å². The second-order valence-electron chi connectivity index (χ2n) is 6.30. The van der Waals surface area contributed by atoms with Crippen molar-refractivity contribution in [1.82, 2.24) is 4.90 Å². The lowest BCUT2D eigenvalue weighted by atomic mass is 9.98. The Morgan fingerprint density at radius 1 is 1.39 bits per heavy atom. The molecular formula is C16H19FN2O4. The summed E-state index contributed by atoms with van der Waals surface area (Å²) in [6.07, 6.45) is 1.69. The first-order chi connectivity index (χ1) is 10.7. The minimum absolute atomic E-state index is 0.211. The lowest BCUT2D eigenvalue weighted by Gasteiger charge is -2.29. The van der Waals surface area contributed by atoms with Gasteiger partial charge in [0.25, 0.3) is 0 Å². The van der Waals surface area contributed by atoms with Crippen LogP contribution in [0.1, 0.15) is 32.8 Å². The molecule has 0 fully saturated rings. The Labute approximate surface area is 133 Å². The Kier molecular flexibility index (Phi) is 4.68. The fourth-order valence-corrected chi connectivity index (χ4v) is 2.31. The minimum atomic E-state index is -0.838. The number of nitrogens with zero attached hydrogens (tertiary/aromatic N) is 2. The third kappa shape index (κ3) is 4.06. The van der Waals surface area contributed by atoms with Gasteiger partial charge in [0, 0.05) is 24.7 Å². The molecule has 7 heteroatoms. The zero-order valence-corrected chi connectivity index (χ0v) is 13.3. The van der Waals surface area contributed by atoms with Crippen LogP contribution in [0.15, 0.2) is 24.3 Å². The fourth-order valence-electron chi connectivity index (χ4n) is 2.31. The minimum Gasteiger partial charge on any atom is -0.444 e. The number of halogens is 1. The van der Waals surface area contributed by atoms with Gasteiger partial charge in [0.15, 0.2) is 0 Å². The lowest BCUT2D eigenvalue weighted by Crippen LogP contribution is -2.39. The Morgan fingerprint density at radius 3 is 2.61 bits per heavy atom. The number of carbonyl (C=O) groups excluding carboxylic acids is 1. The van der Waals surface area contributed by atoms with Gasteiger partial charge in [0.05, 0.1) is 4.92 Å². The van der Waals surface area contributed by atoms with Crippen LogP contribution in [0.3, 0.4) is 0 Å². The van der Waals surface area contributed by atoms with Gasteiger partial charge in [-0.05, 0) is 32.8 Å². The van der Waals surface area contributed by atoms with Crippen molar-refractivity contribution in [2.24, 2.45) is 0 Å². The normalized spacial score (nSPS) is 15.1. The number of nitro groups is 1. The van der Waals surface area contributed by atoms with Crippen LogP contribution < -0.4 is 0 Å². The van der Waals surface area contributed by atoms with E-state index in [2.05, 4.69) is 0 Å². The highest BCUT2D eigenvalue weighted by atomic mass is 19.1. The van der Waals surface area contributed by atoms with Crippen molar-refractivity contribution in [1.29, 1.82) is 0 Å². The second-order valence-corrected chi connectivity index (χ2v) is 6.30. The lowest BCUT2D eigenvalue weighted by molar-refractivity contribution is -0.387. The van der Waals surface area contributed by atoms with Crippen molar-refractivity contribution in [2.75, 3.05) is 13.1 Å². The third-order valence-electron chi connectivity index (χ3n) is 3.38. The summed E-state index contributed by atoms with van der Waals surface area (Å²) in [5, 5.41) is 10.8. The van der Waals surface area contributed by atoms with Crippen molar-refractivity contribution in [3.05, 3.63) is 45.8 Å². The van der Waals surface area contributed by atoms with Crippen LogP contribution in [-0.4, -0.2) is 34.6 Å². The molecule has 2 rings (SSSR count). The van der Waals surface area contributed by atoms with E-state index in [0.29, 0.717) is 18.5 Å². The zero-order valence-electron chi connectivity index (χ0n) is 13.3. The molecule has 1 aliphatic rings. The molecule has 0 N–H and O–H groups in total. The molecule has 6 nitrogen and oxygen atoms in total. The van der Waals surface area contributed by atoms with Gasteiger partial charge in [-0.3, -0.25) is 10.1 Å². The first-order valence-corrected chi connectivity index (χ1v) is 7.29. The first kappa shape index (κ1) is 16.9. The van der Waals surface area contributed by atoms with Crippen molar-refractivity contribution >= 4 is 17.4 Å². The number of benzene rings is 1. The van der Waals surface area contributed by atoms with Crippen LogP contribution in [-0.2, 0) is 4.74 Å². The number of carbonyl (C=O) groups is 1. The molecule has 1 aromatic carbocycles. The number of rotatable bonds is 2.